The maximum atomic E-state index is 13.1. The molecule has 0 atom stereocenters. The van der Waals surface area contributed by atoms with E-state index in [0.29, 0.717) is 18.2 Å². The molecule has 0 amide bonds. The molecule has 0 unspecified atom stereocenters. The van der Waals surface area contributed by atoms with Gasteiger partial charge < -0.3 is 4.98 Å². The lowest BCUT2D eigenvalue weighted by molar-refractivity contribution is 0.0114. The molecule has 1 fully saturated rings. The monoisotopic (exact) mass is 271 g/mol. The quantitative estimate of drug-likeness (QED) is 0.852. The number of alkyl halides is 2. The number of nitrogens with one attached hydrogen (secondary N) is 1. The van der Waals surface area contributed by atoms with Crippen LogP contribution in [0.25, 0.3) is 10.9 Å². The molecule has 3 nitrogen and oxygen atoms in total. The molecule has 0 aromatic carbocycles. The Morgan fingerprint density at radius 3 is 3.00 bits per heavy atom. The van der Waals surface area contributed by atoms with Gasteiger partial charge in [0.15, 0.2) is 0 Å². The summed E-state index contributed by atoms with van der Waals surface area (Å²) < 4.78 is 26.2. The Morgan fingerprint density at radius 2 is 2.33 bits per heavy atom. The van der Waals surface area contributed by atoms with Crippen molar-refractivity contribution >= 4 is 22.5 Å². The summed E-state index contributed by atoms with van der Waals surface area (Å²) in [4.78, 5) is 8.91. The fraction of sp³-hybridized carbons (Fsp3) is 0.417. The summed E-state index contributed by atoms with van der Waals surface area (Å²) in [5, 5.41) is 1.27. The third kappa shape index (κ3) is 2.20. The van der Waals surface area contributed by atoms with Crippen molar-refractivity contribution < 1.29 is 8.78 Å². The first-order valence-corrected chi connectivity index (χ1v) is 6.14. The zero-order valence-corrected chi connectivity index (χ0v) is 10.3. The summed E-state index contributed by atoms with van der Waals surface area (Å²) in [6.07, 6.45) is 1.56. The van der Waals surface area contributed by atoms with E-state index in [9.17, 15) is 8.78 Å². The summed E-state index contributed by atoms with van der Waals surface area (Å²) >= 11 is 5.97. The average Bonchev–Trinajstić information content (AvgIpc) is 2.83. The smallest absolute Gasteiger partial charge is 0.261 e. The normalized spacial score (nSPS) is 19.7. The number of aromatic nitrogens is 2. The summed E-state index contributed by atoms with van der Waals surface area (Å²) in [5.41, 5.74) is 1.77. The fourth-order valence-electron chi connectivity index (χ4n) is 2.35. The zero-order valence-electron chi connectivity index (χ0n) is 9.59. The SMILES string of the molecule is FC1(F)CCN(Cc2cc3c(Cl)nccc3[nH]2)C1. The minimum Gasteiger partial charge on any atom is -0.357 e. The Labute approximate surface area is 108 Å². The standard InChI is InChI=1S/C12H12ClF2N3/c13-11-9-5-8(17-10(9)1-3-16-11)6-18-4-2-12(14,15)7-18/h1,3,5,17H,2,4,6-7H2. The maximum Gasteiger partial charge on any atom is 0.261 e. The topological polar surface area (TPSA) is 31.9 Å². The number of pyridine rings is 1. The van der Waals surface area contributed by atoms with Crippen LogP contribution in [0.3, 0.4) is 0 Å². The summed E-state index contributed by atoms with van der Waals surface area (Å²) in [5.74, 6) is -2.55. The largest absolute Gasteiger partial charge is 0.357 e. The van der Waals surface area contributed by atoms with E-state index in [1.165, 1.54) is 0 Å². The van der Waals surface area contributed by atoms with Crippen molar-refractivity contribution in [1.29, 1.82) is 0 Å². The van der Waals surface area contributed by atoms with E-state index in [1.54, 1.807) is 11.1 Å². The summed E-state index contributed by atoms with van der Waals surface area (Å²) in [6, 6.07) is 3.70. The fourth-order valence-corrected chi connectivity index (χ4v) is 2.56. The van der Waals surface area contributed by atoms with Gasteiger partial charge in [0.2, 0.25) is 0 Å². The molecule has 96 valence electrons. The van der Waals surface area contributed by atoms with Gasteiger partial charge in [0.25, 0.3) is 5.92 Å². The number of hydrogen-bond donors (Lipinski definition) is 1. The maximum absolute atomic E-state index is 13.1. The molecule has 0 saturated carbocycles. The molecular formula is C12H12ClF2N3. The second kappa shape index (κ2) is 4.17. The molecule has 1 N–H and O–H groups in total. The number of aromatic amines is 1. The number of halogens is 3. The molecule has 2 aromatic heterocycles. The van der Waals surface area contributed by atoms with Crippen LogP contribution in [0.2, 0.25) is 5.15 Å². The molecule has 6 heteroatoms. The minimum atomic E-state index is -2.55. The van der Waals surface area contributed by atoms with Gasteiger partial charge in [-0.25, -0.2) is 13.8 Å². The average molecular weight is 272 g/mol. The van der Waals surface area contributed by atoms with Crippen LogP contribution in [0.4, 0.5) is 8.78 Å². The number of rotatable bonds is 2. The predicted molar refractivity (Wildman–Crippen MR) is 65.9 cm³/mol. The van der Waals surface area contributed by atoms with E-state index in [-0.39, 0.29) is 13.0 Å². The second-order valence-corrected chi connectivity index (χ2v) is 5.03. The van der Waals surface area contributed by atoms with Crippen molar-refractivity contribution in [3.05, 3.63) is 29.2 Å². The third-order valence-corrected chi connectivity index (χ3v) is 3.50. The first kappa shape index (κ1) is 11.9. The van der Waals surface area contributed by atoms with Gasteiger partial charge in [0.05, 0.1) is 12.1 Å². The van der Waals surface area contributed by atoms with Crippen LogP contribution in [0.5, 0.6) is 0 Å². The molecule has 0 aliphatic carbocycles. The van der Waals surface area contributed by atoms with Crippen molar-refractivity contribution in [2.24, 2.45) is 0 Å². The Kier molecular flexibility index (Phi) is 2.75. The molecule has 1 saturated heterocycles. The highest BCUT2D eigenvalue weighted by Crippen LogP contribution is 2.29. The van der Waals surface area contributed by atoms with E-state index < -0.39 is 5.92 Å². The number of H-pyrrole nitrogens is 1. The molecule has 1 aliphatic heterocycles. The van der Waals surface area contributed by atoms with E-state index in [0.717, 1.165) is 16.6 Å². The first-order chi connectivity index (χ1) is 8.53. The molecule has 3 rings (SSSR count). The highest BCUT2D eigenvalue weighted by molar-refractivity contribution is 6.34. The van der Waals surface area contributed by atoms with Gasteiger partial charge >= 0.3 is 0 Å². The van der Waals surface area contributed by atoms with E-state index in [2.05, 4.69) is 9.97 Å². The van der Waals surface area contributed by atoms with Crippen LogP contribution in [-0.2, 0) is 6.54 Å². The van der Waals surface area contributed by atoms with Gasteiger partial charge in [0.1, 0.15) is 5.15 Å². The highest BCUT2D eigenvalue weighted by atomic mass is 35.5. The van der Waals surface area contributed by atoms with Crippen LogP contribution in [0.15, 0.2) is 18.3 Å². The first-order valence-electron chi connectivity index (χ1n) is 5.76. The van der Waals surface area contributed by atoms with E-state index >= 15 is 0 Å². The van der Waals surface area contributed by atoms with Crippen molar-refractivity contribution in [2.75, 3.05) is 13.1 Å². The van der Waals surface area contributed by atoms with Crippen LogP contribution in [-0.4, -0.2) is 33.9 Å². The second-order valence-electron chi connectivity index (χ2n) is 4.67. The number of fused-ring (bicyclic) bond motifs is 1. The molecular weight excluding hydrogens is 260 g/mol. The van der Waals surface area contributed by atoms with Crippen LogP contribution >= 0.6 is 11.6 Å². The molecule has 18 heavy (non-hydrogen) atoms. The molecule has 3 heterocycles. The van der Waals surface area contributed by atoms with Crippen molar-refractivity contribution in [3.8, 4) is 0 Å². The van der Waals surface area contributed by atoms with E-state index in [4.69, 9.17) is 11.6 Å². The number of hydrogen-bond acceptors (Lipinski definition) is 2. The van der Waals surface area contributed by atoms with Crippen LogP contribution in [0, 0.1) is 0 Å². The van der Waals surface area contributed by atoms with Gasteiger partial charge in [-0.15, -0.1) is 0 Å². The van der Waals surface area contributed by atoms with Crippen LogP contribution in [0.1, 0.15) is 12.1 Å². The molecule has 0 radical (unpaired) electrons. The van der Waals surface area contributed by atoms with Gasteiger partial charge in [-0.1, -0.05) is 11.6 Å². The zero-order chi connectivity index (χ0) is 12.8. The Hall–Kier alpha value is -1.20. The van der Waals surface area contributed by atoms with Gasteiger partial charge in [0, 0.05) is 36.8 Å². The predicted octanol–water partition coefficient (Wildman–Crippen LogP) is 3.06. The minimum absolute atomic E-state index is 0.0600. The third-order valence-electron chi connectivity index (χ3n) is 3.20. The van der Waals surface area contributed by atoms with Crippen LogP contribution < -0.4 is 0 Å². The summed E-state index contributed by atoms with van der Waals surface area (Å²) in [7, 11) is 0. The Bertz CT molecular complexity index is 582. The van der Waals surface area contributed by atoms with E-state index in [1.807, 2.05) is 12.1 Å². The lowest BCUT2D eigenvalue weighted by Crippen LogP contribution is -2.24. The highest BCUT2D eigenvalue weighted by Gasteiger charge is 2.38. The number of nitrogens with zero attached hydrogens (tertiary/aromatic N) is 2. The molecule has 1 aliphatic rings. The number of likely N-dealkylation sites (tertiary alicyclic amines) is 1. The van der Waals surface area contributed by atoms with Gasteiger partial charge in [-0.3, -0.25) is 4.90 Å². The molecule has 0 bridgehead atoms. The lowest BCUT2D eigenvalue weighted by Gasteiger charge is -2.13. The Balaban J connectivity index is 1.81. The van der Waals surface area contributed by atoms with Crippen molar-refractivity contribution in [3.63, 3.8) is 0 Å². The Morgan fingerprint density at radius 1 is 1.50 bits per heavy atom. The van der Waals surface area contributed by atoms with Gasteiger partial charge in [-0.2, -0.15) is 0 Å². The van der Waals surface area contributed by atoms with Gasteiger partial charge in [-0.05, 0) is 12.1 Å². The van der Waals surface area contributed by atoms with Crippen molar-refractivity contribution in [1.82, 2.24) is 14.9 Å². The molecule has 2 aromatic rings. The molecule has 0 spiro atoms. The summed E-state index contributed by atoms with van der Waals surface area (Å²) in [6.45, 7) is 0.739. The van der Waals surface area contributed by atoms with Crippen molar-refractivity contribution in [2.45, 2.75) is 18.9 Å². The lowest BCUT2D eigenvalue weighted by atomic mass is 10.3.